The third kappa shape index (κ3) is 9.94. The van der Waals surface area contributed by atoms with Crippen LogP contribution in [0.2, 0.25) is 0 Å². The average Bonchev–Trinajstić information content (AvgIpc) is 2.83. The second kappa shape index (κ2) is 15.6. The Bertz CT molecular complexity index is 812. The predicted molar refractivity (Wildman–Crippen MR) is 138 cm³/mol. The minimum Gasteiger partial charge on any atom is -0.480 e. The second-order valence-electron chi connectivity index (χ2n) is 8.09. The van der Waals surface area contributed by atoms with Gasteiger partial charge in [-0.05, 0) is 29.9 Å². The lowest BCUT2D eigenvalue weighted by Crippen LogP contribution is -2.59. The van der Waals surface area contributed by atoms with Gasteiger partial charge in [0.25, 0.3) is 0 Å². The summed E-state index contributed by atoms with van der Waals surface area (Å²) < 4.78 is 0. The molecule has 9 nitrogen and oxygen atoms in total. The largest absolute Gasteiger partial charge is 0.480 e. The molecule has 1 aromatic carbocycles. The number of aliphatic carboxylic acids is 1. The van der Waals surface area contributed by atoms with Gasteiger partial charge in [-0.1, -0.05) is 50.6 Å². The summed E-state index contributed by atoms with van der Waals surface area (Å²) in [7, 11) is 0. The van der Waals surface area contributed by atoms with E-state index in [0.29, 0.717) is 18.6 Å². The van der Waals surface area contributed by atoms with Gasteiger partial charge in [-0.2, -0.15) is 24.4 Å². The molecule has 3 amide bonds. The van der Waals surface area contributed by atoms with Gasteiger partial charge in [0, 0.05) is 12.2 Å². The van der Waals surface area contributed by atoms with Crippen LogP contribution in [0.3, 0.4) is 0 Å². The summed E-state index contributed by atoms with van der Waals surface area (Å²) in [6, 6.07) is 5.28. The van der Waals surface area contributed by atoms with Crippen LogP contribution in [-0.2, 0) is 25.6 Å². The maximum atomic E-state index is 13.3. The molecule has 0 aromatic heterocycles. The average molecular weight is 513 g/mol. The number of thiol groups is 1. The van der Waals surface area contributed by atoms with Gasteiger partial charge in [-0.15, -0.1) is 0 Å². The van der Waals surface area contributed by atoms with E-state index in [9.17, 15) is 24.3 Å². The van der Waals surface area contributed by atoms with Gasteiger partial charge < -0.3 is 26.8 Å². The highest BCUT2D eigenvalue weighted by Gasteiger charge is 2.32. The molecule has 1 aromatic rings. The number of carbonyl (C=O) groups excluding carboxylic acids is 3. The Morgan fingerprint density at radius 1 is 1.03 bits per heavy atom. The van der Waals surface area contributed by atoms with Crippen LogP contribution in [0.5, 0.6) is 0 Å². The highest BCUT2D eigenvalue weighted by Crippen LogP contribution is 2.11. The van der Waals surface area contributed by atoms with Crippen LogP contribution in [-0.4, -0.2) is 70.7 Å². The fourth-order valence-corrected chi connectivity index (χ4v) is 3.85. The van der Waals surface area contributed by atoms with Gasteiger partial charge >= 0.3 is 5.97 Å². The molecule has 6 N–H and O–H groups in total. The standard InChI is InChI=1S/C23H36N4O5S2/c1-4-14(2)19(22(30)26-18(13-33)23(31)32)27-21(29)17(12-15-8-6-5-7-9-15)25-20(28)16(24)10-11-34-3/h5-9,14,16-19,33H,4,10-13,24H2,1-3H3,(H,25,28)(H,26,30)(H,27,29)(H,31,32). The highest BCUT2D eigenvalue weighted by atomic mass is 32.2. The normalized spacial score (nSPS) is 15.3. The van der Waals surface area contributed by atoms with E-state index >= 15 is 0 Å². The first-order valence-corrected chi connectivity index (χ1v) is 13.2. The maximum absolute atomic E-state index is 13.3. The number of thioether (sulfide) groups is 1. The fourth-order valence-electron chi connectivity index (χ4n) is 3.12. The van der Waals surface area contributed by atoms with Gasteiger partial charge in [-0.25, -0.2) is 4.79 Å². The molecule has 1 rings (SSSR count). The summed E-state index contributed by atoms with van der Waals surface area (Å²) in [6.45, 7) is 3.64. The van der Waals surface area contributed by atoms with E-state index in [2.05, 4.69) is 28.6 Å². The molecule has 0 fully saturated rings. The predicted octanol–water partition coefficient (Wildman–Crippen LogP) is 0.824. The summed E-state index contributed by atoms with van der Waals surface area (Å²) in [5.41, 5.74) is 6.80. The molecule has 0 bridgehead atoms. The van der Waals surface area contributed by atoms with Crippen LogP contribution in [0.1, 0.15) is 32.3 Å². The van der Waals surface area contributed by atoms with Crippen LogP contribution < -0.4 is 21.7 Å². The van der Waals surface area contributed by atoms with Crippen LogP contribution in [0.15, 0.2) is 30.3 Å². The molecule has 0 heterocycles. The number of rotatable bonds is 15. The van der Waals surface area contributed by atoms with Crippen LogP contribution >= 0.6 is 24.4 Å². The minimum atomic E-state index is -1.22. The summed E-state index contributed by atoms with van der Waals surface area (Å²) in [6.07, 6.45) is 3.15. The number of benzene rings is 1. The minimum absolute atomic E-state index is 0.0944. The van der Waals surface area contributed by atoms with Crippen molar-refractivity contribution in [3.05, 3.63) is 35.9 Å². The first-order valence-electron chi connectivity index (χ1n) is 11.2. The third-order valence-corrected chi connectivity index (χ3v) is 6.48. The molecule has 0 spiro atoms. The molecule has 0 aliphatic rings. The van der Waals surface area contributed by atoms with E-state index in [1.807, 2.05) is 43.5 Å². The lowest BCUT2D eigenvalue weighted by molar-refractivity contribution is -0.142. The molecule has 34 heavy (non-hydrogen) atoms. The van der Waals surface area contributed by atoms with Crippen molar-refractivity contribution in [2.75, 3.05) is 17.8 Å². The third-order valence-electron chi connectivity index (χ3n) is 5.48. The number of nitrogens with two attached hydrogens (primary N) is 1. The van der Waals surface area contributed by atoms with Gasteiger partial charge in [0.15, 0.2) is 0 Å². The van der Waals surface area contributed by atoms with Crippen molar-refractivity contribution < 1.29 is 24.3 Å². The number of amides is 3. The Kier molecular flexibility index (Phi) is 13.7. The molecule has 0 aliphatic heterocycles. The van der Waals surface area contributed by atoms with Gasteiger partial charge in [0.1, 0.15) is 18.1 Å². The Morgan fingerprint density at radius 3 is 2.18 bits per heavy atom. The van der Waals surface area contributed by atoms with Crippen LogP contribution in [0.25, 0.3) is 0 Å². The van der Waals surface area contributed by atoms with E-state index in [4.69, 9.17) is 5.73 Å². The molecule has 11 heteroatoms. The van der Waals surface area contributed by atoms with Gasteiger partial charge in [0.05, 0.1) is 6.04 Å². The molecule has 0 aliphatic carbocycles. The lowest BCUT2D eigenvalue weighted by atomic mass is 9.96. The molecular weight excluding hydrogens is 476 g/mol. The summed E-state index contributed by atoms with van der Waals surface area (Å²) in [5, 5.41) is 17.1. The van der Waals surface area contributed by atoms with Crippen molar-refractivity contribution in [1.82, 2.24) is 16.0 Å². The summed E-state index contributed by atoms with van der Waals surface area (Å²) in [4.78, 5) is 50.1. The molecule has 190 valence electrons. The quantitative estimate of drug-likeness (QED) is 0.190. The zero-order valence-corrected chi connectivity index (χ0v) is 21.5. The zero-order valence-electron chi connectivity index (χ0n) is 19.8. The van der Waals surface area contributed by atoms with E-state index in [0.717, 1.165) is 5.56 Å². The van der Waals surface area contributed by atoms with Crippen molar-refractivity contribution in [2.45, 2.75) is 57.3 Å². The number of nitrogens with one attached hydrogen (secondary N) is 3. The Labute approximate surface area is 210 Å². The number of carboxylic acid groups (broad SMARTS) is 1. The smallest absolute Gasteiger partial charge is 0.327 e. The van der Waals surface area contributed by atoms with Gasteiger partial charge in [0.2, 0.25) is 17.7 Å². The Morgan fingerprint density at radius 2 is 1.65 bits per heavy atom. The van der Waals surface area contributed by atoms with E-state index in [1.165, 1.54) is 0 Å². The topological polar surface area (TPSA) is 151 Å². The van der Waals surface area contributed by atoms with E-state index < -0.39 is 47.9 Å². The number of carboxylic acids is 1. The monoisotopic (exact) mass is 512 g/mol. The molecular formula is C23H36N4O5S2. The van der Waals surface area contributed by atoms with Crippen molar-refractivity contribution in [2.24, 2.45) is 11.7 Å². The maximum Gasteiger partial charge on any atom is 0.327 e. The number of carbonyl (C=O) groups is 4. The Hall–Kier alpha value is -2.24. The Balaban J connectivity index is 3.07. The SMILES string of the molecule is CCC(C)C(NC(=O)C(Cc1ccccc1)NC(=O)C(N)CCSC)C(=O)NC(CS)C(=O)O. The highest BCUT2D eigenvalue weighted by molar-refractivity contribution is 7.98. The molecule has 0 saturated heterocycles. The summed E-state index contributed by atoms with van der Waals surface area (Å²) >= 11 is 5.54. The zero-order chi connectivity index (χ0) is 25.7. The van der Waals surface area contributed by atoms with Crippen molar-refractivity contribution in [3.8, 4) is 0 Å². The van der Waals surface area contributed by atoms with E-state index in [-0.39, 0.29) is 18.1 Å². The number of hydrogen-bond acceptors (Lipinski definition) is 7. The second-order valence-corrected chi connectivity index (χ2v) is 9.44. The first kappa shape index (κ1) is 29.8. The number of hydrogen-bond donors (Lipinski definition) is 6. The van der Waals surface area contributed by atoms with Crippen LogP contribution in [0, 0.1) is 5.92 Å². The van der Waals surface area contributed by atoms with E-state index in [1.54, 1.807) is 18.7 Å². The fraction of sp³-hybridized carbons (Fsp3) is 0.565. The van der Waals surface area contributed by atoms with Gasteiger partial charge in [-0.3, -0.25) is 14.4 Å². The summed E-state index contributed by atoms with van der Waals surface area (Å²) in [5.74, 6) is -2.51. The molecule has 0 radical (unpaired) electrons. The lowest BCUT2D eigenvalue weighted by Gasteiger charge is -2.28. The van der Waals surface area contributed by atoms with Crippen molar-refractivity contribution >= 4 is 48.1 Å². The molecule has 0 saturated carbocycles. The van der Waals surface area contributed by atoms with Crippen LogP contribution in [0.4, 0.5) is 0 Å². The van der Waals surface area contributed by atoms with Crippen molar-refractivity contribution in [3.63, 3.8) is 0 Å². The van der Waals surface area contributed by atoms with Crippen molar-refractivity contribution in [1.29, 1.82) is 0 Å². The molecule has 5 atom stereocenters. The molecule has 5 unspecified atom stereocenters. The first-order chi connectivity index (χ1) is 16.1.